The second-order valence-corrected chi connectivity index (χ2v) is 10.0. The van der Waals surface area contributed by atoms with Gasteiger partial charge in [-0.1, -0.05) is 6.92 Å². The molecule has 0 aromatic heterocycles. The summed E-state index contributed by atoms with van der Waals surface area (Å²) in [4.78, 5) is 26.3. The van der Waals surface area contributed by atoms with Crippen LogP contribution < -0.4 is 24.8 Å². The molecule has 1 aromatic carbocycles. The van der Waals surface area contributed by atoms with Crippen LogP contribution in [0.25, 0.3) is 0 Å². The molecular formula is C22H30N4O6S2. The van der Waals surface area contributed by atoms with Crippen LogP contribution in [0.2, 0.25) is 0 Å². The summed E-state index contributed by atoms with van der Waals surface area (Å²) in [5.41, 5.74) is 2.18. The minimum absolute atomic E-state index is 0.0501. The molecule has 2 heterocycles. The maximum absolute atomic E-state index is 13.0. The lowest BCUT2D eigenvalue weighted by Gasteiger charge is -2.28. The van der Waals surface area contributed by atoms with E-state index in [4.69, 9.17) is 21.7 Å². The molecule has 2 aliphatic rings. The molecule has 3 N–H and O–H groups in total. The summed E-state index contributed by atoms with van der Waals surface area (Å²) in [6.07, 6.45) is 1.14. The van der Waals surface area contributed by atoms with Crippen molar-refractivity contribution in [2.24, 2.45) is 0 Å². The molecule has 1 unspecified atom stereocenters. The summed E-state index contributed by atoms with van der Waals surface area (Å²) in [6.45, 7) is 6.64. The normalized spacial score (nSPS) is 17.7. The van der Waals surface area contributed by atoms with Gasteiger partial charge in [0.25, 0.3) is 15.9 Å². The number of nitrogens with one attached hydrogen (secondary N) is 3. The number of fused-ring (bicyclic) bond motifs is 1. The first-order chi connectivity index (χ1) is 16.1. The van der Waals surface area contributed by atoms with Gasteiger partial charge in [0.1, 0.15) is 16.4 Å². The minimum atomic E-state index is -4.03. The number of benzene rings is 1. The largest absolute Gasteiger partial charge is 0.493 e. The molecule has 3 amide bonds. The molecule has 0 saturated carbocycles. The second kappa shape index (κ2) is 10.6. The Morgan fingerprint density at radius 1 is 1.32 bits per heavy atom. The molecule has 1 atom stereocenters. The van der Waals surface area contributed by atoms with Crippen molar-refractivity contribution in [3.05, 3.63) is 28.8 Å². The number of urea groups is 1. The standard InChI is InChI=1S/C22H30N4O6S2/c1-5-15-13(3)12-26(20(15)27)22(28)24-11-14-7-8-32-17-10-18(31-6-2)19(9-16(14)17)34(29,30)25-21(33)23-4/h9-10,14H,5-8,11-12H2,1-4H3,(H,24,28)(H2,23,25,33). The zero-order valence-corrected chi connectivity index (χ0v) is 21.3. The first-order valence-corrected chi connectivity index (χ1v) is 13.0. The molecule has 3 rings (SSSR count). The van der Waals surface area contributed by atoms with Crippen LogP contribution in [0.4, 0.5) is 4.79 Å². The molecule has 0 radical (unpaired) electrons. The highest BCUT2D eigenvalue weighted by Gasteiger charge is 2.33. The van der Waals surface area contributed by atoms with Crippen molar-refractivity contribution in [2.45, 2.75) is 44.4 Å². The van der Waals surface area contributed by atoms with Crippen LogP contribution in [0.5, 0.6) is 11.5 Å². The van der Waals surface area contributed by atoms with E-state index in [9.17, 15) is 18.0 Å². The van der Waals surface area contributed by atoms with E-state index in [-0.39, 0.29) is 47.3 Å². The van der Waals surface area contributed by atoms with Crippen molar-refractivity contribution in [3.63, 3.8) is 0 Å². The van der Waals surface area contributed by atoms with E-state index in [0.29, 0.717) is 36.3 Å². The number of hydrogen-bond donors (Lipinski definition) is 3. The lowest BCUT2D eigenvalue weighted by Crippen LogP contribution is -2.43. The molecule has 0 fully saturated rings. The summed E-state index contributed by atoms with van der Waals surface area (Å²) in [7, 11) is -2.52. The van der Waals surface area contributed by atoms with Crippen molar-refractivity contribution >= 4 is 39.3 Å². The Morgan fingerprint density at radius 3 is 2.68 bits per heavy atom. The van der Waals surface area contributed by atoms with Gasteiger partial charge in [-0.15, -0.1) is 0 Å². The van der Waals surface area contributed by atoms with E-state index in [1.807, 2.05) is 13.8 Å². The van der Waals surface area contributed by atoms with Gasteiger partial charge < -0.3 is 20.1 Å². The van der Waals surface area contributed by atoms with Crippen LogP contribution in [-0.4, -0.2) is 63.7 Å². The van der Waals surface area contributed by atoms with Gasteiger partial charge in [0.05, 0.1) is 19.8 Å². The van der Waals surface area contributed by atoms with Crippen molar-refractivity contribution in [1.82, 2.24) is 20.3 Å². The predicted octanol–water partition coefficient (Wildman–Crippen LogP) is 2.01. The molecule has 0 spiro atoms. The summed E-state index contributed by atoms with van der Waals surface area (Å²) in [6, 6.07) is 2.58. The van der Waals surface area contributed by atoms with E-state index in [2.05, 4.69) is 15.4 Å². The molecule has 0 aliphatic carbocycles. The van der Waals surface area contributed by atoms with Crippen LogP contribution >= 0.6 is 12.2 Å². The Morgan fingerprint density at radius 2 is 2.06 bits per heavy atom. The van der Waals surface area contributed by atoms with Crippen molar-refractivity contribution < 1.29 is 27.5 Å². The van der Waals surface area contributed by atoms with Gasteiger partial charge in [0.2, 0.25) is 0 Å². The minimum Gasteiger partial charge on any atom is -0.493 e. The van der Waals surface area contributed by atoms with Gasteiger partial charge in [-0.3, -0.25) is 14.4 Å². The Kier molecular flexibility index (Phi) is 8.03. The Bertz CT molecular complexity index is 1130. The van der Waals surface area contributed by atoms with Gasteiger partial charge in [0, 0.05) is 36.7 Å². The number of hydrogen-bond acceptors (Lipinski definition) is 7. The average molecular weight is 511 g/mol. The Labute approximate surface area is 205 Å². The molecule has 1 aromatic rings. The molecule has 12 heteroatoms. The number of carbonyl (C=O) groups is 2. The third-order valence-electron chi connectivity index (χ3n) is 5.80. The number of ether oxygens (including phenoxy) is 2. The molecule has 34 heavy (non-hydrogen) atoms. The van der Waals surface area contributed by atoms with Crippen LogP contribution in [-0.2, 0) is 14.8 Å². The number of carbonyl (C=O) groups excluding carboxylic acids is 2. The fourth-order valence-corrected chi connectivity index (χ4v) is 5.51. The number of nitrogens with zero attached hydrogens (tertiary/aromatic N) is 1. The lowest BCUT2D eigenvalue weighted by molar-refractivity contribution is -0.123. The first-order valence-electron chi connectivity index (χ1n) is 11.1. The average Bonchev–Trinajstić information content (AvgIpc) is 3.09. The quantitative estimate of drug-likeness (QED) is 0.476. The van der Waals surface area contributed by atoms with Crippen LogP contribution in [0.1, 0.15) is 45.1 Å². The van der Waals surface area contributed by atoms with Crippen molar-refractivity contribution in [1.29, 1.82) is 0 Å². The smallest absolute Gasteiger partial charge is 0.324 e. The van der Waals surface area contributed by atoms with Gasteiger partial charge in [-0.05, 0) is 50.5 Å². The number of rotatable bonds is 7. The highest BCUT2D eigenvalue weighted by molar-refractivity contribution is 7.92. The van der Waals surface area contributed by atoms with Crippen LogP contribution in [0, 0.1) is 0 Å². The summed E-state index contributed by atoms with van der Waals surface area (Å²) in [5.74, 6) is 0.151. The Balaban J connectivity index is 1.84. The van der Waals surface area contributed by atoms with Gasteiger partial charge in [0.15, 0.2) is 5.11 Å². The van der Waals surface area contributed by atoms with E-state index in [1.54, 1.807) is 13.0 Å². The zero-order chi connectivity index (χ0) is 25.0. The monoisotopic (exact) mass is 510 g/mol. The number of imide groups is 1. The maximum Gasteiger partial charge on any atom is 0.324 e. The molecule has 186 valence electrons. The predicted molar refractivity (Wildman–Crippen MR) is 131 cm³/mol. The van der Waals surface area contributed by atoms with Crippen molar-refractivity contribution in [3.8, 4) is 11.5 Å². The van der Waals surface area contributed by atoms with Crippen LogP contribution in [0.3, 0.4) is 0 Å². The maximum atomic E-state index is 13.0. The SMILES string of the molecule is CCOc1cc2c(cc1S(=O)(=O)NC(=S)NC)C(CNC(=O)N1CC(C)=C(CC)C1=O)CCO2. The molecule has 2 aliphatic heterocycles. The Hall–Kier alpha value is -2.86. The number of thiocarbonyl (C=S) groups is 1. The molecule has 0 bridgehead atoms. The highest BCUT2D eigenvalue weighted by atomic mass is 32.2. The topological polar surface area (TPSA) is 126 Å². The van der Waals surface area contributed by atoms with E-state index in [1.165, 1.54) is 18.0 Å². The van der Waals surface area contributed by atoms with Gasteiger partial charge in [-0.25, -0.2) is 13.2 Å². The molecular weight excluding hydrogens is 480 g/mol. The zero-order valence-electron chi connectivity index (χ0n) is 19.7. The summed E-state index contributed by atoms with van der Waals surface area (Å²) in [5, 5.41) is 5.36. The summed E-state index contributed by atoms with van der Waals surface area (Å²) < 4.78 is 39.6. The van der Waals surface area contributed by atoms with E-state index < -0.39 is 16.1 Å². The number of sulfonamides is 1. The second-order valence-electron chi connectivity index (χ2n) is 7.98. The van der Waals surface area contributed by atoms with E-state index >= 15 is 0 Å². The van der Waals surface area contributed by atoms with Crippen LogP contribution in [0.15, 0.2) is 28.2 Å². The third-order valence-corrected chi connectivity index (χ3v) is 7.60. The molecule has 10 nitrogen and oxygen atoms in total. The highest BCUT2D eigenvalue weighted by Crippen LogP contribution is 2.40. The van der Waals surface area contributed by atoms with Gasteiger partial charge >= 0.3 is 6.03 Å². The molecule has 0 saturated heterocycles. The number of amides is 3. The third kappa shape index (κ3) is 5.27. The fourth-order valence-electron chi connectivity index (χ4n) is 4.06. The fraction of sp³-hybridized carbons (Fsp3) is 0.500. The van der Waals surface area contributed by atoms with Crippen molar-refractivity contribution in [2.75, 3.05) is 33.4 Å². The first kappa shape index (κ1) is 25.8. The lowest BCUT2D eigenvalue weighted by atomic mass is 9.93. The summed E-state index contributed by atoms with van der Waals surface area (Å²) >= 11 is 4.96. The van der Waals surface area contributed by atoms with Gasteiger partial charge in [-0.2, -0.15) is 0 Å². The van der Waals surface area contributed by atoms with E-state index in [0.717, 1.165) is 5.57 Å².